The zero-order valence-electron chi connectivity index (χ0n) is 30.5. The van der Waals surface area contributed by atoms with E-state index in [1.165, 1.54) is 0 Å². The summed E-state index contributed by atoms with van der Waals surface area (Å²) in [6.45, 7) is 0. The lowest BCUT2D eigenvalue weighted by Crippen LogP contribution is -2.93. The highest BCUT2D eigenvalue weighted by Crippen LogP contribution is 2.49. The van der Waals surface area contributed by atoms with Crippen LogP contribution < -0.4 is 20.7 Å². The first kappa shape index (κ1) is 38.9. The van der Waals surface area contributed by atoms with Gasteiger partial charge in [-0.2, -0.15) is 0 Å². The van der Waals surface area contributed by atoms with Crippen LogP contribution in [0.3, 0.4) is 0 Å². The highest BCUT2D eigenvalue weighted by Gasteiger charge is 2.75. The van der Waals surface area contributed by atoms with E-state index in [0.29, 0.717) is 31.9 Å². The second-order valence-corrected chi connectivity index (χ2v) is 22.7. The third kappa shape index (κ3) is 5.92. The van der Waals surface area contributed by atoms with Crippen molar-refractivity contribution in [2.45, 2.75) is 33.5 Å². The number of benzene rings is 6. The molecule has 56 heavy (non-hydrogen) atoms. The average Bonchev–Trinajstić information content (AvgIpc) is 3.24. The monoisotopic (exact) mass is 776 g/mol. The lowest BCUT2D eigenvalue weighted by molar-refractivity contribution is 0.0519. The molecule has 1 saturated heterocycles. The van der Waals surface area contributed by atoms with Gasteiger partial charge in [-0.1, -0.05) is 182 Å². The molecule has 0 aliphatic carbocycles. The minimum absolute atomic E-state index is 0.305. The topological polar surface area (TPSA) is 156 Å². The number of hydrogen-bond acceptors (Lipinski definition) is 6. The molecule has 6 N–H and O–H groups in total. The maximum atomic E-state index is 14.1. The predicted octanol–water partition coefficient (Wildman–Crippen LogP) is 2.15. The lowest BCUT2D eigenvalue weighted by Gasteiger charge is -2.63. The van der Waals surface area contributed by atoms with Crippen LogP contribution in [0.4, 0.5) is 9.59 Å². The van der Waals surface area contributed by atoms with Gasteiger partial charge in [0.25, 0.3) is 14.6 Å². The quantitative estimate of drug-likeness (QED) is 0.116. The SMILES string of the molecule is O=C(O)BC1(c2ccccc2)C(O)[Si](c2ccccc2)(c2ccccc2)C(O)C(BC(=O)O)(c2ccccc2)C(O)[Si](c2ccccc2)(c2ccccc2)C1O. The Labute approximate surface area is 328 Å². The van der Waals surface area contributed by atoms with Gasteiger partial charge in [-0.05, 0) is 31.9 Å². The summed E-state index contributed by atoms with van der Waals surface area (Å²) in [5.74, 6) is -2.63. The molecule has 1 fully saturated rings. The van der Waals surface area contributed by atoms with Crippen LogP contribution in [-0.2, 0) is 10.6 Å². The van der Waals surface area contributed by atoms with E-state index in [1.54, 1.807) is 182 Å². The molecule has 1 aliphatic heterocycles. The first-order valence-corrected chi connectivity index (χ1v) is 22.9. The predicted molar refractivity (Wildman–Crippen MR) is 226 cm³/mol. The molecule has 8 nitrogen and oxygen atoms in total. The molecule has 6 aromatic carbocycles. The molecule has 7 rings (SSSR count). The number of rotatable bonds is 10. The van der Waals surface area contributed by atoms with Crippen LogP contribution in [-0.4, -0.2) is 96.0 Å². The molecule has 0 amide bonds. The molecule has 0 saturated carbocycles. The van der Waals surface area contributed by atoms with Gasteiger partial charge in [-0.25, -0.2) is 0 Å². The minimum Gasteiger partial charge on any atom is -0.489 e. The Morgan fingerprint density at radius 2 is 0.571 bits per heavy atom. The molecule has 1 aliphatic rings. The van der Waals surface area contributed by atoms with Gasteiger partial charge in [-0.3, -0.25) is 9.59 Å². The van der Waals surface area contributed by atoms with Gasteiger partial charge in [0.2, 0.25) is 11.7 Å². The van der Waals surface area contributed by atoms with E-state index in [4.69, 9.17) is 0 Å². The van der Waals surface area contributed by atoms with Crippen molar-refractivity contribution in [3.05, 3.63) is 193 Å². The Kier molecular flexibility index (Phi) is 10.9. The first-order valence-electron chi connectivity index (χ1n) is 18.6. The maximum absolute atomic E-state index is 14.1. The summed E-state index contributed by atoms with van der Waals surface area (Å²) in [7, 11) is -10.7. The van der Waals surface area contributed by atoms with Gasteiger partial charge in [-0.15, -0.1) is 0 Å². The van der Waals surface area contributed by atoms with Gasteiger partial charge in [0.15, 0.2) is 16.1 Å². The van der Waals surface area contributed by atoms with E-state index in [1.807, 2.05) is 0 Å². The summed E-state index contributed by atoms with van der Waals surface area (Å²) in [5, 5.41) is 76.1. The van der Waals surface area contributed by atoms with Gasteiger partial charge in [0, 0.05) is 10.6 Å². The number of carbonyl (C=O) groups is 2. The Morgan fingerprint density at radius 3 is 0.768 bits per heavy atom. The summed E-state index contributed by atoms with van der Waals surface area (Å²) in [5.41, 5.74) is -6.75. The van der Waals surface area contributed by atoms with E-state index >= 15 is 0 Å². The van der Waals surface area contributed by atoms with E-state index < -0.39 is 76.0 Å². The molecule has 4 atom stereocenters. The van der Waals surface area contributed by atoms with Crippen molar-refractivity contribution in [3.8, 4) is 0 Å². The fraction of sp³-hybridized carbons (Fsp3) is 0.136. The fourth-order valence-corrected chi connectivity index (χ4v) is 22.0. The Balaban J connectivity index is 1.81. The third-order valence-electron chi connectivity index (χ3n) is 12.2. The molecule has 280 valence electrons. The number of hydrogen-bond donors (Lipinski definition) is 6. The zero-order chi connectivity index (χ0) is 39.6. The molecule has 12 heteroatoms. The average molecular weight is 777 g/mol. The van der Waals surface area contributed by atoms with Crippen molar-refractivity contribution in [1.82, 2.24) is 0 Å². The normalized spacial score (nSPS) is 25.5. The molecule has 6 aromatic rings. The van der Waals surface area contributed by atoms with Crippen molar-refractivity contribution in [3.63, 3.8) is 0 Å². The summed E-state index contributed by atoms with van der Waals surface area (Å²) in [4.78, 5) is 27.1. The molecular formula is C44H42B2O8Si2. The van der Waals surface area contributed by atoms with E-state index in [0.717, 1.165) is 0 Å². The first-order chi connectivity index (χ1) is 27.1. The number of aliphatic hydroxyl groups is 4. The van der Waals surface area contributed by atoms with Crippen molar-refractivity contribution in [2.75, 3.05) is 0 Å². The highest BCUT2D eigenvalue weighted by atomic mass is 28.3. The summed E-state index contributed by atoms with van der Waals surface area (Å²) in [6.07, 6.45) is 0. The van der Waals surface area contributed by atoms with Crippen LogP contribution in [0.1, 0.15) is 11.1 Å². The molecule has 1 heterocycles. The van der Waals surface area contributed by atoms with Gasteiger partial charge in [0.05, 0.1) is 22.9 Å². The van der Waals surface area contributed by atoms with Crippen LogP contribution >= 0.6 is 0 Å². The van der Waals surface area contributed by atoms with Crippen molar-refractivity contribution in [2.24, 2.45) is 0 Å². The second kappa shape index (κ2) is 15.7. The minimum atomic E-state index is -4.56. The van der Waals surface area contributed by atoms with Gasteiger partial charge in [0.1, 0.15) is 0 Å². The molecule has 0 spiro atoms. The number of aliphatic hydroxyl groups excluding tert-OH is 4. The fourth-order valence-electron chi connectivity index (χ4n) is 9.89. The molecule has 0 aromatic heterocycles. The van der Waals surface area contributed by atoms with Crippen molar-refractivity contribution in [1.29, 1.82) is 0 Å². The van der Waals surface area contributed by atoms with Crippen molar-refractivity contribution < 1.29 is 40.2 Å². The maximum Gasteiger partial charge on any atom is 0.275 e. The smallest absolute Gasteiger partial charge is 0.275 e. The molecule has 0 bridgehead atoms. The summed E-state index contributed by atoms with van der Waals surface area (Å²) in [6, 6.07) is 52.4. The second-order valence-electron chi connectivity index (χ2n) is 14.8. The van der Waals surface area contributed by atoms with Crippen LogP contribution in [0.15, 0.2) is 182 Å². The van der Waals surface area contributed by atoms with E-state index in [2.05, 4.69) is 0 Å². The van der Waals surface area contributed by atoms with Gasteiger partial charge >= 0.3 is 0 Å². The van der Waals surface area contributed by atoms with Crippen LogP contribution in [0.5, 0.6) is 0 Å². The Morgan fingerprint density at radius 1 is 0.375 bits per heavy atom. The molecular weight excluding hydrogens is 734 g/mol. The standard InChI is InChI=1S/C44H42B2O8Si2/c47-37-43(45-41(51)52,31-19-7-1-8-20-31)38(48)56(35-27-15-5-16-28-35,36-29-17-6-18-30-36)40(50)44(46-42(53)54,32-21-9-2-10-22-32)39(49)55(37,33-23-11-3-12-24-33)34-25-13-4-14-26-34/h1-30,37-40,45-50H,(H,51,52)(H,53,54). The Bertz CT molecular complexity index is 1990. The van der Waals surface area contributed by atoms with E-state index in [-0.39, 0.29) is 0 Å². The van der Waals surface area contributed by atoms with Crippen molar-refractivity contribution >= 4 is 63.2 Å². The highest BCUT2D eigenvalue weighted by molar-refractivity contribution is 7.09. The van der Waals surface area contributed by atoms with Crippen LogP contribution in [0, 0.1) is 0 Å². The lowest BCUT2D eigenvalue weighted by atomic mass is 9.49. The molecule has 4 unspecified atom stereocenters. The third-order valence-corrected chi connectivity index (χ3v) is 22.9. The molecule has 0 radical (unpaired) electrons. The zero-order valence-corrected chi connectivity index (χ0v) is 32.5. The van der Waals surface area contributed by atoms with E-state index in [9.17, 15) is 40.2 Å². The van der Waals surface area contributed by atoms with Crippen LogP contribution in [0.2, 0.25) is 0 Å². The van der Waals surface area contributed by atoms with Crippen LogP contribution in [0.25, 0.3) is 0 Å². The summed E-state index contributed by atoms with van der Waals surface area (Å²) >= 11 is 0. The summed E-state index contributed by atoms with van der Waals surface area (Å²) < 4.78 is 0. The number of carboxylic acid groups (broad SMARTS) is 2. The Hall–Kier alpha value is -5.34. The van der Waals surface area contributed by atoms with Gasteiger partial charge < -0.3 is 30.6 Å². The largest absolute Gasteiger partial charge is 0.489 e.